The number of carbonyl (C=O) groups excluding carboxylic acids is 1. The van der Waals surface area contributed by atoms with Crippen molar-refractivity contribution in [3.8, 4) is 0 Å². The highest BCUT2D eigenvalue weighted by Gasteiger charge is 2.13. The first-order valence-electron chi connectivity index (χ1n) is 7.92. The van der Waals surface area contributed by atoms with Crippen molar-refractivity contribution in [2.75, 3.05) is 0 Å². The maximum atomic E-state index is 12.0. The van der Waals surface area contributed by atoms with E-state index in [0.717, 1.165) is 5.56 Å². The van der Waals surface area contributed by atoms with Gasteiger partial charge in [0.2, 0.25) is 5.91 Å². The summed E-state index contributed by atoms with van der Waals surface area (Å²) in [6.45, 7) is 1.81. The van der Waals surface area contributed by atoms with Gasteiger partial charge in [0.05, 0.1) is 11.0 Å². The van der Waals surface area contributed by atoms with Gasteiger partial charge in [-0.3, -0.25) is 14.9 Å². The van der Waals surface area contributed by atoms with Crippen LogP contribution in [-0.4, -0.2) is 22.0 Å². The van der Waals surface area contributed by atoms with Crippen molar-refractivity contribution in [1.29, 1.82) is 0 Å². The van der Waals surface area contributed by atoms with E-state index in [4.69, 9.17) is 0 Å². The summed E-state index contributed by atoms with van der Waals surface area (Å²) >= 11 is 0. The Balaban J connectivity index is 1.89. The Labute approximate surface area is 146 Å². The first-order chi connectivity index (χ1) is 12.0. The topological polar surface area (TPSA) is 92.5 Å². The van der Waals surface area contributed by atoms with Gasteiger partial charge in [-0.2, -0.15) is 0 Å². The number of nitrogens with one attached hydrogen (secondary N) is 1. The molecule has 2 aromatic carbocycles. The fourth-order valence-electron chi connectivity index (χ4n) is 2.41. The molecule has 0 radical (unpaired) electrons. The van der Waals surface area contributed by atoms with Crippen molar-refractivity contribution in [1.82, 2.24) is 5.32 Å². The molecule has 130 valence electrons. The van der Waals surface area contributed by atoms with E-state index in [9.17, 15) is 20.0 Å². The average molecular weight is 340 g/mol. The lowest BCUT2D eigenvalue weighted by Gasteiger charge is -2.17. The molecule has 6 nitrogen and oxygen atoms in total. The molecule has 2 N–H and O–H groups in total. The number of hydrogen-bond acceptors (Lipinski definition) is 4. The number of benzene rings is 2. The predicted octanol–water partition coefficient (Wildman–Crippen LogP) is 3.24. The SMILES string of the molecule is CC(CC(O)c1ccccc1)NC(=O)/C=C/c1cccc([N+](=O)[O-])c1. The molecule has 0 aromatic heterocycles. The van der Waals surface area contributed by atoms with E-state index in [1.54, 1.807) is 12.1 Å². The van der Waals surface area contributed by atoms with Crippen molar-refractivity contribution in [2.24, 2.45) is 0 Å². The Morgan fingerprint density at radius 3 is 2.64 bits per heavy atom. The molecule has 0 aliphatic carbocycles. The minimum absolute atomic E-state index is 0.0260. The van der Waals surface area contributed by atoms with E-state index < -0.39 is 11.0 Å². The van der Waals surface area contributed by atoms with Crippen LogP contribution >= 0.6 is 0 Å². The van der Waals surface area contributed by atoms with Gasteiger partial charge in [-0.1, -0.05) is 42.5 Å². The van der Waals surface area contributed by atoms with E-state index in [0.29, 0.717) is 12.0 Å². The van der Waals surface area contributed by atoms with Crippen LogP contribution in [0, 0.1) is 10.1 Å². The molecular formula is C19H20N2O4. The van der Waals surface area contributed by atoms with Gasteiger partial charge < -0.3 is 10.4 Å². The Morgan fingerprint density at radius 2 is 1.96 bits per heavy atom. The van der Waals surface area contributed by atoms with Crippen LogP contribution in [0.2, 0.25) is 0 Å². The Morgan fingerprint density at radius 1 is 1.24 bits per heavy atom. The van der Waals surface area contributed by atoms with Gasteiger partial charge in [-0.05, 0) is 30.5 Å². The van der Waals surface area contributed by atoms with Gasteiger partial charge in [0, 0.05) is 24.3 Å². The van der Waals surface area contributed by atoms with Crippen LogP contribution in [0.3, 0.4) is 0 Å². The minimum atomic E-state index is -0.655. The first-order valence-corrected chi connectivity index (χ1v) is 7.92. The zero-order valence-corrected chi connectivity index (χ0v) is 13.8. The monoisotopic (exact) mass is 340 g/mol. The van der Waals surface area contributed by atoms with Crippen LogP contribution in [-0.2, 0) is 4.79 Å². The Kier molecular flexibility index (Phi) is 6.42. The Bertz CT molecular complexity index is 759. The predicted molar refractivity (Wildman–Crippen MR) is 95.8 cm³/mol. The molecule has 0 saturated carbocycles. The standard InChI is InChI=1S/C19H20N2O4/c1-14(12-18(22)16-7-3-2-4-8-16)20-19(23)11-10-15-6-5-9-17(13-15)21(24)25/h2-11,13-14,18,22H,12H2,1H3,(H,20,23)/b11-10+. The molecule has 0 spiro atoms. The molecule has 0 fully saturated rings. The van der Waals surface area contributed by atoms with E-state index >= 15 is 0 Å². The zero-order chi connectivity index (χ0) is 18.2. The van der Waals surface area contributed by atoms with Gasteiger partial charge in [0.15, 0.2) is 0 Å². The molecule has 25 heavy (non-hydrogen) atoms. The van der Waals surface area contributed by atoms with Crippen molar-refractivity contribution < 1.29 is 14.8 Å². The van der Waals surface area contributed by atoms with Gasteiger partial charge in [-0.15, -0.1) is 0 Å². The zero-order valence-electron chi connectivity index (χ0n) is 13.8. The maximum absolute atomic E-state index is 12.0. The smallest absolute Gasteiger partial charge is 0.270 e. The second-order valence-corrected chi connectivity index (χ2v) is 5.76. The highest BCUT2D eigenvalue weighted by atomic mass is 16.6. The fraction of sp³-hybridized carbons (Fsp3) is 0.211. The average Bonchev–Trinajstić information content (AvgIpc) is 2.60. The van der Waals surface area contributed by atoms with Crippen LogP contribution in [0.5, 0.6) is 0 Å². The lowest BCUT2D eigenvalue weighted by molar-refractivity contribution is -0.384. The fourth-order valence-corrected chi connectivity index (χ4v) is 2.41. The van der Waals surface area contributed by atoms with Gasteiger partial charge >= 0.3 is 0 Å². The molecule has 0 bridgehead atoms. The molecule has 2 aromatic rings. The molecule has 2 unspecified atom stereocenters. The number of nitrogens with zero attached hydrogens (tertiary/aromatic N) is 1. The molecule has 0 aliphatic heterocycles. The highest BCUT2D eigenvalue weighted by molar-refractivity contribution is 5.91. The van der Waals surface area contributed by atoms with Crippen molar-refractivity contribution >= 4 is 17.7 Å². The third-order valence-electron chi connectivity index (χ3n) is 3.66. The number of carbonyl (C=O) groups is 1. The number of rotatable bonds is 7. The molecule has 2 rings (SSSR count). The summed E-state index contributed by atoms with van der Waals surface area (Å²) < 4.78 is 0. The molecule has 6 heteroatoms. The third kappa shape index (κ3) is 5.86. The molecule has 0 saturated heterocycles. The second kappa shape index (κ2) is 8.75. The minimum Gasteiger partial charge on any atom is -0.388 e. The number of non-ortho nitro benzene ring substituents is 1. The third-order valence-corrected chi connectivity index (χ3v) is 3.66. The number of amides is 1. The summed E-state index contributed by atoms with van der Waals surface area (Å²) in [5.74, 6) is -0.320. The number of aliphatic hydroxyl groups excluding tert-OH is 1. The van der Waals surface area contributed by atoms with Crippen LogP contribution in [0.15, 0.2) is 60.7 Å². The first kappa shape index (κ1) is 18.4. The Hall–Kier alpha value is -2.99. The lowest BCUT2D eigenvalue weighted by atomic mass is 10.0. The normalized spacial score (nSPS) is 13.4. The number of nitro benzene ring substituents is 1. The van der Waals surface area contributed by atoms with Gasteiger partial charge in [-0.25, -0.2) is 0 Å². The molecule has 1 amide bonds. The van der Waals surface area contributed by atoms with E-state index in [1.165, 1.54) is 24.3 Å². The molecule has 0 heterocycles. The van der Waals surface area contributed by atoms with E-state index in [-0.39, 0.29) is 17.6 Å². The highest BCUT2D eigenvalue weighted by Crippen LogP contribution is 2.18. The van der Waals surface area contributed by atoms with Crippen molar-refractivity contribution in [3.63, 3.8) is 0 Å². The van der Waals surface area contributed by atoms with Crippen LogP contribution in [0.1, 0.15) is 30.6 Å². The largest absolute Gasteiger partial charge is 0.388 e. The van der Waals surface area contributed by atoms with Crippen LogP contribution < -0.4 is 5.32 Å². The van der Waals surface area contributed by atoms with Crippen molar-refractivity contribution in [2.45, 2.75) is 25.5 Å². The summed E-state index contributed by atoms with van der Waals surface area (Å²) in [6.07, 6.45) is 2.57. The quantitative estimate of drug-likeness (QED) is 0.460. The second-order valence-electron chi connectivity index (χ2n) is 5.76. The summed E-state index contributed by atoms with van der Waals surface area (Å²) in [7, 11) is 0. The maximum Gasteiger partial charge on any atom is 0.270 e. The van der Waals surface area contributed by atoms with Gasteiger partial charge in [0.25, 0.3) is 5.69 Å². The number of aliphatic hydroxyl groups is 1. The van der Waals surface area contributed by atoms with E-state index in [2.05, 4.69) is 5.32 Å². The summed E-state index contributed by atoms with van der Waals surface area (Å²) in [5.41, 5.74) is 1.35. The molecule has 0 aliphatic rings. The lowest BCUT2D eigenvalue weighted by Crippen LogP contribution is -2.32. The molecule has 2 atom stereocenters. The van der Waals surface area contributed by atoms with Crippen LogP contribution in [0.4, 0.5) is 5.69 Å². The summed E-state index contributed by atoms with van der Waals surface area (Å²) in [5, 5.41) is 23.7. The molecular weight excluding hydrogens is 320 g/mol. The number of nitro groups is 1. The number of hydrogen-bond donors (Lipinski definition) is 2. The van der Waals surface area contributed by atoms with Gasteiger partial charge in [0.1, 0.15) is 0 Å². The van der Waals surface area contributed by atoms with E-state index in [1.807, 2.05) is 37.3 Å². The summed E-state index contributed by atoms with van der Waals surface area (Å²) in [4.78, 5) is 22.2. The summed E-state index contributed by atoms with van der Waals surface area (Å²) in [6, 6.07) is 15.1. The van der Waals surface area contributed by atoms with Crippen molar-refractivity contribution in [3.05, 3.63) is 81.9 Å². The van der Waals surface area contributed by atoms with Crippen LogP contribution in [0.25, 0.3) is 6.08 Å².